The molecule has 0 radical (unpaired) electrons. The van der Waals surface area contributed by atoms with Crippen LogP contribution in [-0.2, 0) is 6.42 Å². The van der Waals surface area contributed by atoms with Gasteiger partial charge in [-0.3, -0.25) is 4.79 Å². The molecule has 0 saturated carbocycles. The fourth-order valence-electron chi connectivity index (χ4n) is 3.90. The van der Waals surface area contributed by atoms with Gasteiger partial charge in [0, 0.05) is 40.0 Å². The highest BCUT2D eigenvalue weighted by Crippen LogP contribution is 2.31. The molecule has 0 atom stereocenters. The lowest BCUT2D eigenvalue weighted by Gasteiger charge is -2.03. The molecule has 0 spiro atoms. The topological polar surface area (TPSA) is 58.0 Å². The Morgan fingerprint density at radius 3 is 2.64 bits per heavy atom. The number of aromatic nitrogens is 1. The number of furan rings is 1. The zero-order valence-electron chi connectivity index (χ0n) is 15.6. The van der Waals surface area contributed by atoms with Gasteiger partial charge in [-0.1, -0.05) is 54.6 Å². The van der Waals surface area contributed by atoms with E-state index in [4.69, 9.17) is 4.42 Å². The third-order valence-electron chi connectivity index (χ3n) is 5.39. The Balaban J connectivity index is 1.38. The third-order valence-corrected chi connectivity index (χ3v) is 5.39. The number of rotatable bonds is 4. The summed E-state index contributed by atoms with van der Waals surface area (Å²) in [7, 11) is 0. The lowest BCUT2D eigenvalue weighted by Crippen LogP contribution is -2.25. The monoisotopic (exact) mass is 368 g/mol. The number of benzene rings is 3. The van der Waals surface area contributed by atoms with Crippen LogP contribution < -0.4 is 5.32 Å². The van der Waals surface area contributed by atoms with Crippen LogP contribution in [0.1, 0.15) is 21.7 Å². The molecule has 28 heavy (non-hydrogen) atoms. The van der Waals surface area contributed by atoms with E-state index < -0.39 is 0 Å². The van der Waals surface area contributed by atoms with Crippen LogP contribution >= 0.6 is 0 Å². The number of H-pyrrole nitrogens is 1. The Labute approximate surface area is 162 Å². The molecule has 0 aliphatic heterocycles. The first-order valence-corrected chi connectivity index (χ1v) is 9.46. The van der Waals surface area contributed by atoms with Crippen LogP contribution in [0.2, 0.25) is 0 Å². The standard InChI is InChI=1S/C24H20N2O2/c1-15-18-11-10-16-6-2-3-8-20(16)23(18)28-22(15)24(27)25-13-12-17-14-26-21-9-5-4-7-19(17)21/h2-11,14,26H,12-13H2,1H3,(H,25,27). The number of carbonyl (C=O) groups excluding carboxylic acids is 1. The molecule has 0 bridgehead atoms. The van der Waals surface area contributed by atoms with E-state index in [-0.39, 0.29) is 5.91 Å². The van der Waals surface area contributed by atoms with Gasteiger partial charge < -0.3 is 14.7 Å². The number of aryl methyl sites for hydroxylation is 1. The largest absolute Gasteiger partial charge is 0.450 e. The van der Waals surface area contributed by atoms with Crippen molar-refractivity contribution < 1.29 is 9.21 Å². The van der Waals surface area contributed by atoms with Gasteiger partial charge >= 0.3 is 0 Å². The van der Waals surface area contributed by atoms with Crippen LogP contribution in [0.4, 0.5) is 0 Å². The molecule has 4 nitrogen and oxygen atoms in total. The van der Waals surface area contributed by atoms with Gasteiger partial charge in [0.05, 0.1) is 0 Å². The van der Waals surface area contributed by atoms with Gasteiger partial charge in [-0.15, -0.1) is 0 Å². The van der Waals surface area contributed by atoms with E-state index in [1.807, 2.05) is 55.6 Å². The Kier molecular flexibility index (Phi) is 3.90. The summed E-state index contributed by atoms with van der Waals surface area (Å²) in [4.78, 5) is 16.0. The van der Waals surface area contributed by atoms with Gasteiger partial charge in [-0.25, -0.2) is 0 Å². The van der Waals surface area contributed by atoms with Crippen LogP contribution in [0, 0.1) is 6.92 Å². The molecule has 0 saturated heterocycles. The van der Waals surface area contributed by atoms with Gasteiger partial charge in [-0.2, -0.15) is 0 Å². The molecule has 0 fully saturated rings. The Hall–Kier alpha value is -3.53. The average Bonchev–Trinajstić information content (AvgIpc) is 3.29. The molecule has 0 aliphatic rings. The molecule has 1 amide bonds. The Bertz CT molecular complexity index is 1330. The maximum absolute atomic E-state index is 12.8. The number of nitrogens with one attached hydrogen (secondary N) is 2. The van der Waals surface area contributed by atoms with E-state index in [0.29, 0.717) is 12.3 Å². The molecule has 138 valence electrons. The van der Waals surface area contributed by atoms with Crippen molar-refractivity contribution in [3.8, 4) is 0 Å². The molecule has 5 rings (SSSR count). The first kappa shape index (κ1) is 16.6. The number of hydrogen-bond acceptors (Lipinski definition) is 2. The highest BCUT2D eigenvalue weighted by atomic mass is 16.3. The number of hydrogen-bond donors (Lipinski definition) is 2. The van der Waals surface area contributed by atoms with Crippen molar-refractivity contribution >= 4 is 38.6 Å². The van der Waals surface area contributed by atoms with Crippen molar-refractivity contribution in [1.29, 1.82) is 0 Å². The summed E-state index contributed by atoms with van der Waals surface area (Å²) in [5.41, 5.74) is 3.97. The SMILES string of the molecule is Cc1c(C(=O)NCCc2c[nH]c3ccccc23)oc2c1ccc1ccccc12. The predicted molar refractivity (Wildman–Crippen MR) is 113 cm³/mol. The average molecular weight is 368 g/mol. The van der Waals surface area contributed by atoms with Crippen molar-refractivity contribution in [3.05, 3.63) is 83.7 Å². The number of para-hydroxylation sites is 1. The smallest absolute Gasteiger partial charge is 0.287 e. The maximum Gasteiger partial charge on any atom is 0.287 e. The molecule has 0 aliphatic carbocycles. The van der Waals surface area contributed by atoms with Crippen molar-refractivity contribution in [3.63, 3.8) is 0 Å². The summed E-state index contributed by atoms with van der Waals surface area (Å²) in [5, 5.41) is 7.32. The minimum absolute atomic E-state index is 0.169. The van der Waals surface area contributed by atoms with Gasteiger partial charge in [-0.05, 0) is 30.4 Å². The van der Waals surface area contributed by atoms with E-state index in [9.17, 15) is 4.79 Å². The van der Waals surface area contributed by atoms with Crippen LogP contribution in [-0.4, -0.2) is 17.4 Å². The first-order chi connectivity index (χ1) is 13.7. The number of aromatic amines is 1. The van der Waals surface area contributed by atoms with E-state index in [1.165, 1.54) is 10.9 Å². The summed E-state index contributed by atoms with van der Waals surface area (Å²) in [5.74, 6) is 0.225. The summed E-state index contributed by atoms with van der Waals surface area (Å²) in [6, 6.07) is 20.4. The zero-order valence-corrected chi connectivity index (χ0v) is 15.6. The second kappa shape index (κ2) is 6.57. The van der Waals surface area contributed by atoms with E-state index in [1.54, 1.807) is 0 Å². The minimum atomic E-state index is -0.169. The predicted octanol–water partition coefficient (Wildman–Crippen LogP) is 5.35. The lowest BCUT2D eigenvalue weighted by molar-refractivity contribution is 0.0928. The third kappa shape index (κ3) is 2.65. The summed E-state index contributed by atoms with van der Waals surface area (Å²) in [6.45, 7) is 2.49. The van der Waals surface area contributed by atoms with Crippen molar-refractivity contribution in [2.24, 2.45) is 0 Å². The molecular formula is C24H20N2O2. The second-order valence-corrected chi connectivity index (χ2v) is 7.08. The van der Waals surface area contributed by atoms with Gasteiger partial charge in [0.15, 0.2) is 5.76 Å². The van der Waals surface area contributed by atoms with Crippen molar-refractivity contribution in [2.75, 3.05) is 6.54 Å². The molecule has 0 unspecified atom stereocenters. The van der Waals surface area contributed by atoms with Gasteiger partial charge in [0.1, 0.15) is 5.58 Å². The van der Waals surface area contributed by atoms with Crippen LogP contribution in [0.5, 0.6) is 0 Å². The summed E-state index contributed by atoms with van der Waals surface area (Å²) in [6.07, 6.45) is 2.77. The van der Waals surface area contributed by atoms with Crippen molar-refractivity contribution in [1.82, 2.24) is 10.3 Å². The second-order valence-electron chi connectivity index (χ2n) is 7.08. The first-order valence-electron chi connectivity index (χ1n) is 9.46. The summed E-state index contributed by atoms with van der Waals surface area (Å²) >= 11 is 0. The van der Waals surface area contributed by atoms with Crippen LogP contribution in [0.3, 0.4) is 0 Å². The molecule has 5 aromatic rings. The fourth-order valence-corrected chi connectivity index (χ4v) is 3.90. The number of amides is 1. The minimum Gasteiger partial charge on any atom is -0.450 e. The molecule has 2 heterocycles. The molecular weight excluding hydrogens is 348 g/mol. The molecule has 4 heteroatoms. The van der Waals surface area contributed by atoms with E-state index in [2.05, 4.69) is 28.5 Å². The Morgan fingerprint density at radius 2 is 1.75 bits per heavy atom. The summed E-state index contributed by atoms with van der Waals surface area (Å²) < 4.78 is 6.01. The highest BCUT2D eigenvalue weighted by Gasteiger charge is 2.18. The normalized spacial score (nSPS) is 11.5. The van der Waals surface area contributed by atoms with Gasteiger partial charge in [0.25, 0.3) is 5.91 Å². The maximum atomic E-state index is 12.8. The quantitative estimate of drug-likeness (QED) is 0.449. The van der Waals surface area contributed by atoms with E-state index >= 15 is 0 Å². The molecule has 2 aromatic heterocycles. The van der Waals surface area contributed by atoms with Gasteiger partial charge in [0.2, 0.25) is 0 Å². The molecule has 3 aromatic carbocycles. The zero-order chi connectivity index (χ0) is 19.1. The highest BCUT2D eigenvalue weighted by molar-refractivity contribution is 6.08. The molecule has 2 N–H and O–H groups in total. The van der Waals surface area contributed by atoms with Crippen molar-refractivity contribution in [2.45, 2.75) is 13.3 Å². The van der Waals surface area contributed by atoms with Crippen LogP contribution in [0.25, 0.3) is 32.6 Å². The Morgan fingerprint density at radius 1 is 0.964 bits per heavy atom. The fraction of sp³-hybridized carbons (Fsp3) is 0.125. The van der Waals surface area contributed by atoms with Crippen LogP contribution in [0.15, 0.2) is 71.3 Å². The van der Waals surface area contributed by atoms with E-state index in [0.717, 1.165) is 39.2 Å². The number of fused-ring (bicyclic) bond motifs is 4. The number of carbonyl (C=O) groups is 1. The lowest BCUT2D eigenvalue weighted by atomic mass is 10.1.